The van der Waals surface area contributed by atoms with Gasteiger partial charge in [-0.05, 0) is 68.6 Å². The number of nitrogens with one attached hydrogen (secondary N) is 3. The van der Waals surface area contributed by atoms with E-state index in [1.807, 2.05) is 18.3 Å². The summed E-state index contributed by atoms with van der Waals surface area (Å²) in [5.41, 5.74) is 3.72. The normalized spacial score (nSPS) is 19.3. The number of piperazine rings is 1. The van der Waals surface area contributed by atoms with Gasteiger partial charge in [-0.15, -0.1) is 0 Å². The third-order valence-electron chi connectivity index (χ3n) is 11.0. The highest BCUT2D eigenvalue weighted by Gasteiger charge is 2.44. The van der Waals surface area contributed by atoms with Gasteiger partial charge in [-0.1, -0.05) is 12.8 Å². The van der Waals surface area contributed by atoms with Crippen molar-refractivity contribution in [1.82, 2.24) is 39.5 Å². The number of anilines is 4. The fourth-order valence-corrected chi connectivity index (χ4v) is 8.10. The Labute approximate surface area is 318 Å². The second-order valence-corrected chi connectivity index (χ2v) is 14.9. The lowest BCUT2D eigenvalue weighted by atomic mass is 10.0. The fraction of sp³-hybridized carbons (Fsp3) is 0.436. The minimum Gasteiger partial charge on any atom is -0.385 e. The maximum atomic E-state index is 13.1. The summed E-state index contributed by atoms with van der Waals surface area (Å²) in [6.07, 6.45) is 9.09. The number of imide groups is 2. The summed E-state index contributed by atoms with van der Waals surface area (Å²) in [6.45, 7) is 5.18. The van der Waals surface area contributed by atoms with E-state index in [4.69, 9.17) is 4.98 Å². The number of rotatable bonds is 11. The van der Waals surface area contributed by atoms with E-state index in [0.717, 1.165) is 92.1 Å². The van der Waals surface area contributed by atoms with Crippen molar-refractivity contribution in [3.8, 4) is 0 Å². The molecule has 0 bridgehead atoms. The average molecular weight is 748 g/mol. The topological polar surface area (TPSA) is 178 Å². The molecule has 6 heterocycles. The Balaban J connectivity index is 0.810. The summed E-state index contributed by atoms with van der Waals surface area (Å²) >= 11 is 0. The van der Waals surface area contributed by atoms with E-state index in [9.17, 15) is 24.0 Å². The highest BCUT2D eigenvalue weighted by molar-refractivity contribution is 6.23. The molecule has 3 aliphatic heterocycles. The summed E-state index contributed by atoms with van der Waals surface area (Å²) in [6, 6.07) is 10.2. The fourth-order valence-electron chi connectivity index (χ4n) is 8.10. The van der Waals surface area contributed by atoms with Crippen molar-refractivity contribution in [2.45, 2.75) is 57.0 Å². The quantitative estimate of drug-likeness (QED) is 0.151. The number of hydrogen-bond acceptors (Lipinski definition) is 12. The second kappa shape index (κ2) is 15.1. The zero-order valence-electron chi connectivity index (χ0n) is 31.1. The molecule has 1 unspecified atom stereocenters. The smallest absolute Gasteiger partial charge is 0.270 e. The van der Waals surface area contributed by atoms with Crippen LogP contribution in [0, 0.1) is 0 Å². The Kier molecular flexibility index (Phi) is 9.90. The third kappa shape index (κ3) is 7.21. The molecule has 4 aromatic rings. The Morgan fingerprint density at radius 1 is 0.909 bits per heavy atom. The zero-order valence-corrected chi connectivity index (χ0v) is 31.1. The molecule has 3 aromatic heterocycles. The van der Waals surface area contributed by atoms with Crippen LogP contribution in [0.3, 0.4) is 0 Å². The van der Waals surface area contributed by atoms with Gasteiger partial charge in [0.2, 0.25) is 17.8 Å². The number of carbonyl (C=O) groups is 5. The molecule has 16 nitrogen and oxygen atoms in total. The average Bonchev–Trinajstić information content (AvgIpc) is 3.91. The first-order valence-electron chi connectivity index (χ1n) is 19.0. The van der Waals surface area contributed by atoms with Gasteiger partial charge >= 0.3 is 0 Å². The Hall–Kier alpha value is -5.90. The molecular weight excluding hydrogens is 703 g/mol. The molecule has 0 spiro atoms. The molecule has 1 atom stereocenters. The van der Waals surface area contributed by atoms with Crippen LogP contribution in [-0.2, 0) is 9.59 Å². The standard InChI is InChI=1S/C39H45N11O5/c1-46(2)38(55)31-20-24-22-42-39(45-34(24)49(31)26-6-3-4-7-26)43-32-12-9-27(23-41-32)48-18-16-47(17-19-48)15-5-14-40-25-8-10-28-29(21-25)37(54)50(36(28)53)30-11-13-33(51)44-35(30)52/h8-10,12,20-23,26,30,40H,3-7,11,13-19H2,1-2H3,(H,44,51,52)(H,41,42,43,45). The summed E-state index contributed by atoms with van der Waals surface area (Å²) in [7, 11) is 3.54. The van der Waals surface area contributed by atoms with Gasteiger partial charge in [0.05, 0.1) is 23.0 Å². The minimum absolute atomic E-state index is 0.0377. The van der Waals surface area contributed by atoms with E-state index >= 15 is 0 Å². The van der Waals surface area contributed by atoms with Crippen LogP contribution in [-0.4, -0.2) is 123 Å². The summed E-state index contributed by atoms with van der Waals surface area (Å²) < 4.78 is 2.10. The molecule has 5 amide bonds. The minimum atomic E-state index is -0.978. The Bertz CT molecular complexity index is 2150. The van der Waals surface area contributed by atoms with Crippen LogP contribution in [0.25, 0.3) is 11.0 Å². The maximum absolute atomic E-state index is 13.1. The molecule has 3 N–H and O–H groups in total. The van der Waals surface area contributed by atoms with Crippen molar-refractivity contribution >= 4 is 63.7 Å². The lowest BCUT2D eigenvalue weighted by Crippen LogP contribution is -2.54. The highest BCUT2D eigenvalue weighted by atomic mass is 16.2. The number of piperidine rings is 1. The van der Waals surface area contributed by atoms with Crippen LogP contribution < -0.4 is 20.9 Å². The first-order valence-corrected chi connectivity index (χ1v) is 19.0. The summed E-state index contributed by atoms with van der Waals surface area (Å²) in [5, 5.41) is 9.69. The molecule has 1 saturated carbocycles. The van der Waals surface area contributed by atoms with Crippen molar-refractivity contribution in [2.24, 2.45) is 0 Å². The molecule has 286 valence electrons. The summed E-state index contributed by atoms with van der Waals surface area (Å²) in [5.74, 6) is -0.991. The highest BCUT2D eigenvalue weighted by Crippen LogP contribution is 2.35. The van der Waals surface area contributed by atoms with E-state index in [2.05, 4.69) is 46.4 Å². The molecule has 55 heavy (non-hydrogen) atoms. The number of carbonyl (C=O) groups excluding carboxylic acids is 5. The van der Waals surface area contributed by atoms with Crippen molar-refractivity contribution in [1.29, 1.82) is 0 Å². The molecule has 3 fully saturated rings. The number of hydrogen-bond donors (Lipinski definition) is 3. The predicted molar refractivity (Wildman–Crippen MR) is 205 cm³/mol. The van der Waals surface area contributed by atoms with Crippen molar-refractivity contribution < 1.29 is 24.0 Å². The van der Waals surface area contributed by atoms with E-state index in [0.29, 0.717) is 24.0 Å². The van der Waals surface area contributed by atoms with Gasteiger partial charge in [-0.3, -0.25) is 39.1 Å². The Morgan fingerprint density at radius 2 is 1.69 bits per heavy atom. The van der Waals surface area contributed by atoms with Crippen molar-refractivity contribution in [3.05, 3.63) is 65.6 Å². The zero-order chi connectivity index (χ0) is 38.2. The van der Waals surface area contributed by atoms with Crippen LogP contribution in [0.2, 0.25) is 0 Å². The van der Waals surface area contributed by atoms with E-state index in [1.54, 1.807) is 43.4 Å². The van der Waals surface area contributed by atoms with Gasteiger partial charge in [-0.25, -0.2) is 9.97 Å². The number of pyridine rings is 1. The van der Waals surface area contributed by atoms with Gasteiger partial charge in [-0.2, -0.15) is 4.98 Å². The van der Waals surface area contributed by atoms with Crippen molar-refractivity contribution in [3.63, 3.8) is 0 Å². The van der Waals surface area contributed by atoms with E-state index in [1.165, 1.54) is 0 Å². The predicted octanol–water partition coefficient (Wildman–Crippen LogP) is 3.41. The number of amides is 5. The number of aromatic nitrogens is 4. The lowest BCUT2D eigenvalue weighted by molar-refractivity contribution is -0.136. The van der Waals surface area contributed by atoms with Crippen molar-refractivity contribution in [2.75, 3.05) is 68.9 Å². The second-order valence-electron chi connectivity index (χ2n) is 14.9. The molecule has 0 radical (unpaired) electrons. The number of benzene rings is 1. The van der Waals surface area contributed by atoms with Crippen LogP contribution >= 0.6 is 0 Å². The van der Waals surface area contributed by atoms with Gasteiger partial charge in [0, 0.05) is 76.6 Å². The molecule has 16 heteroatoms. The van der Waals surface area contributed by atoms with Crippen LogP contribution in [0.1, 0.15) is 82.2 Å². The maximum Gasteiger partial charge on any atom is 0.270 e. The molecule has 1 aliphatic carbocycles. The number of fused-ring (bicyclic) bond motifs is 2. The lowest BCUT2D eigenvalue weighted by Gasteiger charge is -2.36. The number of nitrogens with zero attached hydrogens (tertiary/aromatic N) is 8. The summed E-state index contributed by atoms with van der Waals surface area (Å²) in [4.78, 5) is 84.5. The monoisotopic (exact) mass is 747 g/mol. The van der Waals surface area contributed by atoms with Crippen LogP contribution in [0.4, 0.5) is 23.1 Å². The molecule has 4 aliphatic rings. The first-order chi connectivity index (χ1) is 26.6. The first kappa shape index (κ1) is 36.1. The molecule has 8 rings (SSSR count). The molecule has 1 aromatic carbocycles. The van der Waals surface area contributed by atoms with Gasteiger partial charge in [0.25, 0.3) is 17.7 Å². The SMILES string of the molecule is CN(C)C(=O)c1cc2cnc(Nc3ccc(N4CCN(CCCNc5ccc6c(c5)C(=O)N(C5CCC(=O)NC5=O)C6=O)CC4)cn3)nc2n1C1CCCC1. The van der Waals surface area contributed by atoms with E-state index in [-0.39, 0.29) is 35.9 Å². The van der Waals surface area contributed by atoms with Crippen LogP contribution in [0.5, 0.6) is 0 Å². The Morgan fingerprint density at radius 3 is 2.42 bits per heavy atom. The van der Waals surface area contributed by atoms with Gasteiger partial charge < -0.3 is 25.0 Å². The van der Waals surface area contributed by atoms with Gasteiger partial charge in [0.1, 0.15) is 23.2 Å². The van der Waals surface area contributed by atoms with Crippen LogP contribution in [0.15, 0.2) is 48.8 Å². The van der Waals surface area contributed by atoms with E-state index < -0.39 is 29.7 Å². The molecule has 2 saturated heterocycles. The third-order valence-corrected chi connectivity index (χ3v) is 11.0. The largest absolute Gasteiger partial charge is 0.385 e. The van der Waals surface area contributed by atoms with Gasteiger partial charge in [0.15, 0.2) is 0 Å². The molecular formula is C39H45N11O5.